The second-order valence-corrected chi connectivity index (χ2v) is 21.9. The fourth-order valence-corrected chi connectivity index (χ4v) is 16.2. The van der Waals surface area contributed by atoms with Crippen LogP contribution in [0.1, 0.15) is 74.7 Å². The molecule has 0 aromatic carbocycles. The standard InChI is InChI=1S/C20H46GeO2Si/c1-9-15-21(16-10-2,17-11-3)22-18-20(7,8)19-23-24(12-4,13-5)14-6/h9-19H2,1-8H3. The van der Waals surface area contributed by atoms with Gasteiger partial charge >= 0.3 is 157 Å². The molecule has 0 unspecified atom stereocenters. The summed E-state index contributed by atoms with van der Waals surface area (Å²) in [7, 11) is -1.49. The van der Waals surface area contributed by atoms with E-state index in [9.17, 15) is 0 Å². The van der Waals surface area contributed by atoms with Crippen molar-refractivity contribution in [3.8, 4) is 0 Å². The Labute approximate surface area is 157 Å². The summed E-state index contributed by atoms with van der Waals surface area (Å²) in [5.74, 6) is 0. The van der Waals surface area contributed by atoms with Gasteiger partial charge in [0.1, 0.15) is 0 Å². The second-order valence-electron chi connectivity index (χ2n) is 8.42. The Hall–Kier alpha value is 0.680. The molecule has 0 rings (SSSR count). The normalized spacial score (nSPS) is 13.5. The van der Waals surface area contributed by atoms with E-state index in [1.807, 2.05) is 0 Å². The van der Waals surface area contributed by atoms with E-state index >= 15 is 0 Å². The molecule has 2 nitrogen and oxygen atoms in total. The van der Waals surface area contributed by atoms with Gasteiger partial charge < -0.3 is 0 Å². The predicted molar refractivity (Wildman–Crippen MR) is 114 cm³/mol. The zero-order valence-electron chi connectivity index (χ0n) is 18.1. The zero-order chi connectivity index (χ0) is 18.7. The van der Waals surface area contributed by atoms with E-state index in [-0.39, 0.29) is 5.41 Å². The maximum absolute atomic E-state index is 6.80. The van der Waals surface area contributed by atoms with E-state index in [1.165, 1.54) is 53.2 Å². The van der Waals surface area contributed by atoms with E-state index in [2.05, 4.69) is 55.4 Å². The molecule has 0 N–H and O–H groups in total. The Morgan fingerprint density at radius 2 is 1.12 bits per heavy atom. The third-order valence-electron chi connectivity index (χ3n) is 5.59. The van der Waals surface area contributed by atoms with E-state index in [4.69, 9.17) is 8.19 Å². The molecule has 0 amide bonds. The summed E-state index contributed by atoms with van der Waals surface area (Å²) in [4.78, 5) is 0. The van der Waals surface area contributed by atoms with Crippen molar-refractivity contribution in [1.82, 2.24) is 0 Å². The van der Waals surface area contributed by atoms with Gasteiger partial charge in [-0.1, -0.05) is 0 Å². The average molecular weight is 419 g/mol. The van der Waals surface area contributed by atoms with Gasteiger partial charge in [0.15, 0.2) is 0 Å². The maximum atomic E-state index is 6.80. The van der Waals surface area contributed by atoms with Gasteiger partial charge in [-0.2, -0.15) is 0 Å². The van der Waals surface area contributed by atoms with Gasteiger partial charge in [0, 0.05) is 0 Å². The summed E-state index contributed by atoms with van der Waals surface area (Å²) in [5, 5.41) is 4.11. The van der Waals surface area contributed by atoms with Gasteiger partial charge in [-0.15, -0.1) is 0 Å². The predicted octanol–water partition coefficient (Wildman–Crippen LogP) is 7.23. The molecule has 24 heavy (non-hydrogen) atoms. The SMILES string of the molecule is CC[CH2][Ge]([CH2]CC)([CH2]CC)[O]CC(C)(C)CO[Si](CC)(CC)CC. The first kappa shape index (κ1) is 24.7. The topological polar surface area (TPSA) is 18.5 Å². The van der Waals surface area contributed by atoms with Crippen molar-refractivity contribution in [2.24, 2.45) is 5.41 Å². The quantitative estimate of drug-likeness (QED) is 0.261. The van der Waals surface area contributed by atoms with Crippen LogP contribution < -0.4 is 0 Å². The van der Waals surface area contributed by atoms with Gasteiger partial charge in [0.2, 0.25) is 0 Å². The summed E-state index contributed by atoms with van der Waals surface area (Å²) in [6.07, 6.45) is 3.86. The van der Waals surface area contributed by atoms with Gasteiger partial charge in [0.05, 0.1) is 0 Å². The molecule has 0 bridgehead atoms. The van der Waals surface area contributed by atoms with Crippen molar-refractivity contribution in [2.45, 2.75) is 109 Å². The molecule has 0 heterocycles. The first-order valence-electron chi connectivity index (χ1n) is 10.6. The third-order valence-corrected chi connectivity index (χ3v) is 20.7. The zero-order valence-corrected chi connectivity index (χ0v) is 21.2. The molecule has 0 fully saturated rings. The van der Waals surface area contributed by atoms with Crippen LogP contribution in [0.2, 0.25) is 33.9 Å². The molecule has 0 aliphatic heterocycles. The summed E-state index contributed by atoms with van der Waals surface area (Å²) in [6, 6.07) is 3.71. The van der Waals surface area contributed by atoms with Gasteiger partial charge in [0.25, 0.3) is 0 Å². The minimum atomic E-state index is -2.12. The Bertz CT molecular complexity index is 291. The van der Waals surface area contributed by atoms with Crippen LogP contribution in [0.15, 0.2) is 0 Å². The summed E-state index contributed by atoms with van der Waals surface area (Å²) in [5.41, 5.74) is 0.142. The third kappa shape index (κ3) is 8.37. The molecular formula is C20H46GeO2Si. The monoisotopic (exact) mass is 420 g/mol. The molecule has 0 radical (unpaired) electrons. The number of hydrogen-bond donors (Lipinski definition) is 0. The molecule has 0 aliphatic rings. The molecular weight excluding hydrogens is 373 g/mol. The molecule has 0 spiro atoms. The van der Waals surface area contributed by atoms with Crippen molar-refractivity contribution in [1.29, 1.82) is 0 Å². The van der Waals surface area contributed by atoms with Crippen molar-refractivity contribution < 1.29 is 8.19 Å². The van der Waals surface area contributed by atoms with Gasteiger partial charge in [-0.25, -0.2) is 0 Å². The molecule has 0 aliphatic carbocycles. The molecule has 4 heteroatoms. The van der Waals surface area contributed by atoms with E-state index in [0.717, 1.165) is 13.2 Å². The van der Waals surface area contributed by atoms with Crippen molar-refractivity contribution in [2.75, 3.05) is 13.2 Å². The molecule has 0 aromatic heterocycles. The average Bonchev–Trinajstić information content (AvgIpc) is 2.56. The van der Waals surface area contributed by atoms with Crippen LogP contribution >= 0.6 is 0 Å². The van der Waals surface area contributed by atoms with Crippen LogP contribution in [0.3, 0.4) is 0 Å². The fourth-order valence-electron chi connectivity index (χ4n) is 3.75. The van der Waals surface area contributed by atoms with Crippen molar-refractivity contribution in [3.63, 3.8) is 0 Å². The first-order valence-corrected chi connectivity index (χ1v) is 18.4. The first-order chi connectivity index (χ1) is 11.3. The molecule has 146 valence electrons. The van der Waals surface area contributed by atoms with E-state index in [1.54, 1.807) is 0 Å². The van der Waals surface area contributed by atoms with Crippen LogP contribution in [-0.2, 0) is 8.19 Å². The molecule has 0 saturated heterocycles. The Balaban J connectivity index is 4.80. The Kier molecular flexibility index (Phi) is 12.5. The number of rotatable bonds is 15. The van der Waals surface area contributed by atoms with Gasteiger partial charge in [-0.05, 0) is 0 Å². The molecule has 0 aromatic rings. The summed E-state index contributed by atoms with van der Waals surface area (Å²) < 4.78 is 13.4. The minimum absolute atomic E-state index is 0.142. The van der Waals surface area contributed by atoms with E-state index < -0.39 is 21.9 Å². The van der Waals surface area contributed by atoms with Crippen LogP contribution in [0.4, 0.5) is 0 Å². The Morgan fingerprint density at radius 1 is 0.708 bits per heavy atom. The number of hydrogen-bond acceptors (Lipinski definition) is 2. The van der Waals surface area contributed by atoms with Crippen LogP contribution in [-0.4, -0.2) is 35.1 Å². The Morgan fingerprint density at radius 3 is 1.46 bits per heavy atom. The van der Waals surface area contributed by atoms with Crippen molar-refractivity contribution in [3.05, 3.63) is 0 Å². The van der Waals surface area contributed by atoms with Crippen LogP contribution in [0, 0.1) is 5.41 Å². The molecule has 0 saturated carbocycles. The summed E-state index contributed by atoms with van der Waals surface area (Å²) in [6.45, 7) is 20.4. The van der Waals surface area contributed by atoms with Crippen LogP contribution in [0.5, 0.6) is 0 Å². The summed E-state index contributed by atoms with van der Waals surface area (Å²) >= 11 is -2.12. The van der Waals surface area contributed by atoms with E-state index in [0.29, 0.717) is 0 Å². The van der Waals surface area contributed by atoms with Gasteiger partial charge in [-0.3, -0.25) is 0 Å². The molecule has 0 atom stereocenters. The van der Waals surface area contributed by atoms with Crippen molar-refractivity contribution >= 4 is 21.9 Å². The second kappa shape index (κ2) is 12.1. The van der Waals surface area contributed by atoms with Crippen LogP contribution in [0.25, 0.3) is 0 Å². The fraction of sp³-hybridized carbons (Fsp3) is 1.00.